The third-order valence-corrected chi connectivity index (χ3v) is 5.84. The van der Waals surface area contributed by atoms with Crippen molar-refractivity contribution in [3.8, 4) is 0 Å². The molecule has 2 saturated carbocycles. The number of aryl methyl sites for hydroxylation is 1. The predicted molar refractivity (Wildman–Crippen MR) is 81.3 cm³/mol. The van der Waals surface area contributed by atoms with Gasteiger partial charge in [0.05, 0.1) is 6.42 Å². The van der Waals surface area contributed by atoms with Gasteiger partial charge in [-0.05, 0) is 38.3 Å². The van der Waals surface area contributed by atoms with E-state index in [0.717, 1.165) is 19.3 Å². The van der Waals surface area contributed by atoms with E-state index in [0.29, 0.717) is 5.92 Å². The van der Waals surface area contributed by atoms with Gasteiger partial charge in [0.25, 0.3) is 0 Å². The summed E-state index contributed by atoms with van der Waals surface area (Å²) >= 11 is 1.74. The fraction of sp³-hybridized carbons (Fsp3) is 0.562. The standard InChI is InChI=1S/C16H18N2O3S/c1-8-2-5-13(22-8)10-6-11(10)16(21)18(9-3-4-9)12-7-14(19)17-15(12)20/h2,5,9-12H,3-4,6-7H2,1H3,(H,17,19,20)/t10-,11-,12+/m1/s1. The van der Waals surface area contributed by atoms with Crippen LogP contribution in [0.2, 0.25) is 0 Å². The van der Waals surface area contributed by atoms with E-state index in [4.69, 9.17) is 0 Å². The van der Waals surface area contributed by atoms with Gasteiger partial charge in [0.2, 0.25) is 17.7 Å². The van der Waals surface area contributed by atoms with Gasteiger partial charge in [0, 0.05) is 27.6 Å². The quantitative estimate of drug-likeness (QED) is 0.857. The molecule has 3 amide bonds. The van der Waals surface area contributed by atoms with Crippen molar-refractivity contribution in [2.24, 2.45) is 5.92 Å². The Hall–Kier alpha value is -1.69. The zero-order chi connectivity index (χ0) is 15.4. The van der Waals surface area contributed by atoms with Crippen molar-refractivity contribution in [1.82, 2.24) is 10.2 Å². The van der Waals surface area contributed by atoms with Gasteiger partial charge in [-0.3, -0.25) is 19.7 Å². The number of rotatable bonds is 4. The fourth-order valence-electron chi connectivity index (χ4n) is 3.33. The maximum Gasteiger partial charge on any atom is 0.249 e. The Bertz CT molecular complexity index is 664. The van der Waals surface area contributed by atoms with E-state index in [1.165, 1.54) is 9.75 Å². The molecule has 3 aliphatic rings. The normalized spacial score (nSPS) is 30.3. The molecule has 22 heavy (non-hydrogen) atoms. The number of hydrogen-bond donors (Lipinski definition) is 1. The number of imide groups is 1. The second-order valence-corrected chi connectivity index (χ2v) is 7.83. The molecule has 0 spiro atoms. The summed E-state index contributed by atoms with van der Waals surface area (Å²) in [6, 6.07) is 3.76. The molecule has 1 aromatic heterocycles. The molecule has 1 N–H and O–H groups in total. The van der Waals surface area contributed by atoms with Gasteiger partial charge >= 0.3 is 0 Å². The molecule has 0 radical (unpaired) electrons. The van der Waals surface area contributed by atoms with Crippen LogP contribution < -0.4 is 5.32 Å². The number of carbonyl (C=O) groups is 3. The molecular weight excluding hydrogens is 300 g/mol. The van der Waals surface area contributed by atoms with Crippen LogP contribution in [0, 0.1) is 12.8 Å². The van der Waals surface area contributed by atoms with Gasteiger partial charge in [0.15, 0.2) is 0 Å². The first-order valence-electron chi connectivity index (χ1n) is 7.77. The van der Waals surface area contributed by atoms with E-state index in [1.807, 2.05) is 0 Å². The van der Waals surface area contributed by atoms with E-state index in [2.05, 4.69) is 24.4 Å². The minimum atomic E-state index is -0.584. The number of carbonyl (C=O) groups excluding carboxylic acids is 3. The summed E-state index contributed by atoms with van der Waals surface area (Å²) in [5.74, 6) is -0.229. The van der Waals surface area contributed by atoms with E-state index in [-0.39, 0.29) is 36.1 Å². The Labute approximate surface area is 132 Å². The van der Waals surface area contributed by atoms with Crippen molar-refractivity contribution >= 4 is 29.1 Å². The third kappa shape index (κ3) is 2.35. The molecule has 1 aliphatic heterocycles. The SMILES string of the molecule is Cc1ccc([C@@H]2C[C@H]2C(=O)N(C2CC2)[C@H]2CC(=O)NC2=O)s1. The topological polar surface area (TPSA) is 66.5 Å². The van der Waals surface area contributed by atoms with Crippen molar-refractivity contribution < 1.29 is 14.4 Å². The van der Waals surface area contributed by atoms with Gasteiger partial charge in [-0.15, -0.1) is 11.3 Å². The Balaban J connectivity index is 1.51. The van der Waals surface area contributed by atoms with Gasteiger partial charge in [0.1, 0.15) is 6.04 Å². The van der Waals surface area contributed by atoms with Crippen molar-refractivity contribution in [2.45, 2.75) is 50.6 Å². The first kappa shape index (κ1) is 13.9. The Morgan fingerprint density at radius 1 is 1.32 bits per heavy atom. The second-order valence-electron chi connectivity index (χ2n) is 6.51. The minimum absolute atomic E-state index is 0.0119. The van der Waals surface area contributed by atoms with Crippen LogP contribution in [0.25, 0.3) is 0 Å². The largest absolute Gasteiger partial charge is 0.327 e. The highest BCUT2D eigenvalue weighted by molar-refractivity contribution is 7.12. The molecule has 0 aromatic carbocycles. The van der Waals surface area contributed by atoms with E-state index < -0.39 is 6.04 Å². The number of nitrogens with one attached hydrogen (secondary N) is 1. The molecule has 3 fully saturated rings. The highest BCUT2D eigenvalue weighted by Gasteiger charge is 2.52. The molecule has 116 valence electrons. The zero-order valence-corrected chi connectivity index (χ0v) is 13.2. The maximum absolute atomic E-state index is 12.9. The Morgan fingerprint density at radius 2 is 2.09 bits per heavy atom. The summed E-state index contributed by atoms with van der Waals surface area (Å²) in [5, 5.41) is 2.32. The lowest BCUT2D eigenvalue weighted by atomic mass is 10.1. The van der Waals surface area contributed by atoms with Gasteiger partial charge in [-0.25, -0.2) is 0 Å². The van der Waals surface area contributed by atoms with Crippen molar-refractivity contribution in [1.29, 1.82) is 0 Å². The van der Waals surface area contributed by atoms with Crippen molar-refractivity contribution in [3.05, 3.63) is 21.9 Å². The molecule has 2 heterocycles. The molecule has 2 aliphatic carbocycles. The summed E-state index contributed by atoms with van der Waals surface area (Å²) in [4.78, 5) is 40.5. The van der Waals surface area contributed by atoms with Gasteiger partial charge in [-0.1, -0.05) is 0 Å². The van der Waals surface area contributed by atoms with Crippen LogP contribution in [-0.4, -0.2) is 34.7 Å². The molecule has 0 bridgehead atoms. The molecule has 4 rings (SSSR count). The molecule has 6 heteroatoms. The van der Waals surface area contributed by atoms with Crippen LogP contribution in [0.4, 0.5) is 0 Å². The van der Waals surface area contributed by atoms with E-state index in [1.54, 1.807) is 16.2 Å². The molecule has 1 aromatic rings. The molecular formula is C16H18N2O3S. The lowest BCUT2D eigenvalue weighted by Crippen LogP contribution is -2.46. The highest BCUT2D eigenvalue weighted by Crippen LogP contribution is 2.51. The second kappa shape index (κ2) is 4.91. The van der Waals surface area contributed by atoms with E-state index in [9.17, 15) is 14.4 Å². The average molecular weight is 318 g/mol. The predicted octanol–water partition coefficient (Wildman–Crippen LogP) is 1.57. The smallest absolute Gasteiger partial charge is 0.249 e. The van der Waals surface area contributed by atoms with Crippen LogP contribution >= 0.6 is 11.3 Å². The van der Waals surface area contributed by atoms with Gasteiger partial charge < -0.3 is 4.90 Å². The monoisotopic (exact) mass is 318 g/mol. The highest BCUT2D eigenvalue weighted by atomic mass is 32.1. The first-order valence-corrected chi connectivity index (χ1v) is 8.58. The van der Waals surface area contributed by atoms with Crippen LogP contribution in [0.5, 0.6) is 0 Å². The summed E-state index contributed by atoms with van der Waals surface area (Å²) in [6.45, 7) is 2.07. The van der Waals surface area contributed by atoms with Crippen LogP contribution in [0.15, 0.2) is 12.1 Å². The molecule has 3 atom stereocenters. The van der Waals surface area contributed by atoms with E-state index >= 15 is 0 Å². The fourth-order valence-corrected chi connectivity index (χ4v) is 4.39. The summed E-state index contributed by atoms with van der Waals surface area (Å²) in [5.41, 5.74) is 0. The third-order valence-electron chi connectivity index (χ3n) is 4.71. The summed E-state index contributed by atoms with van der Waals surface area (Å²) in [6.07, 6.45) is 2.87. The Morgan fingerprint density at radius 3 is 2.64 bits per heavy atom. The molecule has 1 saturated heterocycles. The number of thiophene rings is 1. The summed E-state index contributed by atoms with van der Waals surface area (Å²) < 4.78 is 0. The lowest BCUT2D eigenvalue weighted by Gasteiger charge is -2.27. The molecule has 5 nitrogen and oxygen atoms in total. The van der Waals surface area contributed by atoms with Crippen molar-refractivity contribution in [2.75, 3.05) is 0 Å². The maximum atomic E-state index is 12.9. The number of nitrogens with zero attached hydrogens (tertiary/aromatic N) is 1. The number of hydrogen-bond acceptors (Lipinski definition) is 4. The minimum Gasteiger partial charge on any atom is -0.327 e. The molecule has 0 unspecified atom stereocenters. The zero-order valence-electron chi connectivity index (χ0n) is 12.4. The average Bonchev–Trinajstić information content (AvgIpc) is 3.36. The summed E-state index contributed by atoms with van der Waals surface area (Å²) in [7, 11) is 0. The van der Waals surface area contributed by atoms with Crippen molar-refractivity contribution in [3.63, 3.8) is 0 Å². The number of amides is 3. The van der Waals surface area contributed by atoms with Crippen LogP contribution in [0.1, 0.15) is 41.4 Å². The Kier molecular flexibility index (Phi) is 3.11. The van der Waals surface area contributed by atoms with Crippen LogP contribution in [0.3, 0.4) is 0 Å². The first-order chi connectivity index (χ1) is 10.5. The van der Waals surface area contributed by atoms with Crippen LogP contribution in [-0.2, 0) is 14.4 Å². The van der Waals surface area contributed by atoms with Gasteiger partial charge in [-0.2, -0.15) is 0 Å². The lowest BCUT2D eigenvalue weighted by molar-refractivity contribution is -0.140.